The average Bonchev–Trinajstić information content (AvgIpc) is 3.62. The van der Waals surface area contributed by atoms with Crippen LogP contribution in [-0.4, -0.2) is 71.0 Å². The van der Waals surface area contributed by atoms with Gasteiger partial charge in [-0.25, -0.2) is 15.0 Å². The molecule has 0 aliphatic carbocycles. The zero-order valence-electron chi connectivity index (χ0n) is 21.8. The molecule has 0 aromatic carbocycles. The third-order valence-corrected chi connectivity index (χ3v) is 7.39. The number of nitrogens with zero attached hydrogens (tertiary/aromatic N) is 7. The van der Waals surface area contributed by atoms with Crippen LogP contribution in [0.25, 0.3) is 56.1 Å². The minimum Gasteiger partial charge on any atom is -0.324 e. The van der Waals surface area contributed by atoms with Crippen molar-refractivity contribution in [1.29, 1.82) is 0 Å². The van der Waals surface area contributed by atoms with E-state index in [0.29, 0.717) is 34.0 Å². The van der Waals surface area contributed by atoms with E-state index < -0.39 is 0 Å². The summed E-state index contributed by atoms with van der Waals surface area (Å²) in [4.78, 5) is 41.2. The highest BCUT2D eigenvalue weighted by Gasteiger charge is 2.23. The van der Waals surface area contributed by atoms with Crippen LogP contribution in [0.2, 0.25) is 0 Å². The smallest absolute Gasteiger partial charge is 0.227 e. The van der Waals surface area contributed by atoms with Crippen LogP contribution in [0, 0.1) is 5.92 Å². The zero-order valence-corrected chi connectivity index (χ0v) is 21.8. The fourth-order valence-corrected chi connectivity index (χ4v) is 5.17. The predicted octanol–water partition coefficient (Wildman–Crippen LogP) is 4.30. The fraction of sp³-hybridized carbons (Fsp3) is 0.207. The molecule has 198 valence electrons. The molecule has 0 bridgehead atoms. The molecule has 0 saturated carbocycles. The third-order valence-electron chi connectivity index (χ3n) is 7.39. The minimum absolute atomic E-state index is 0.0165. The molecule has 1 aliphatic rings. The van der Waals surface area contributed by atoms with Gasteiger partial charge in [0, 0.05) is 47.4 Å². The van der Waals surface area contributed by atoms with Crippen molar-refractivity contribution in [1.82, 2.24) is 45.0 Å². The van der Waals surface area contributed by atoms with Crippen molar-refractivity contribution in [3.63, 3.8) is 0 Å². The lowest BCUT2D eigenvalue weighted by molar-refractivity contribution is -0.121. The number of imidazole rings is 1. The molecule has 1 amide bonds. The SMILES string of the molecule is CN1CCC(C(=O)Nc2cncc(-c3cnc4[nH]nc(-c5nc6c(-c7ccccn7)ccnc6[nH]5)c4c3)c2)CC1. The van der Waals surface area contributed by atoms with Gasteiger partial charge in [-0.3, -0.25) is 19.9 Å². The van der Waals surface area contributed by atoms with Gasteiger partial charge in [-0.2, -0.15) is 5.10 Å². The second kappa shape index (κ2) is 9.93. The van der Waals surface area contributed by atoms with E-state index in [4.69, 9.17) is 4.98 Å². The molecule has 11 heteroatoms. The Morgan fingerprint density at radius 2 is 1.85 bits per heavy atom. The van der Waals surface area contributed by atoms with Crippen LogP contribution in [0.1, 0.15) is 12.8 Å². The molecule has 11 nitrogen and oxygen atoms in total. The van der Waals surface area contributed by atoms with Crippen molar-refractivity contribution in [3.05, 3.63) is 67.4 Å². The molecule has 1 aliphatic heterocycles. The highest BCUT2D eigenvalue weighted by molar-refractivity contribution is 5.96. The number of amides is 1. The Hall–Kier alpha value is -5.03. The second-order valence-corrected chi connectivity index (χ2v) is 10.1. The highest BCUT2D eigenvalue weighted by Crippen LogP contribution is 2.31. The van der Waals surface area contributed by atoms with Gasteiger partial charge in [0.05, 0.1) is 23.0 Å². The summed E-state index contributed by atoms with van der Waals surface area (Å²) in [6.45, 7) is 1.86. The van der Waals surface area contributed by atoms with E-state index in [9.17, 15) is 4.79 Å². The first-order chi connectivity index (χ1) is 19.6. The Bertz CT molecular complexity index is 1840. The molecule has 7 rings (SSSR count). The quantitative estimate of drug-likeness (QED) is 0.300. The molecule has 1 saturated heterocycles. The number of H-pyrrole nitrogens is 2. The summed E-state index contributed by atoms with van der Waals surface area (Å²) in [5, 5.41) is 11.4. The van der Waals surface area contributed by atoms with Gasteiger partial charge >= 0.3 is 0 Å². The molecular formula is C29H26N10O. The lowest BCUT2D eigenvalue weighted by Crippen LogP contribution is -2.35. The normalized spacial score (nSPS) is 14.6. The van der Waals surface area contributed by atoms with E-state index in [2.05, 4.69) is 52.4 Å². The number of carbonyl (C=O) groups excluding carboxylic acids is 1. The second-order valence-electron chi connectivity index (χ2n) is 10.1. The third kappa shape index (κ3) is 4.46. The maximum Gasteiger partial charge on any atom is 0.227 e. The number of rotatable bonds is 5. The molecule has 0 unspecified atom stereocenters. The number of nitrogens with one attached hydrogen (secondary N) is 3. The van der Waals surface area contributed by atoms with Crippen LogP contribution in [0.15, 0.2) is 67.4 Å². The number of anilines is 1. The van der Waals surface area contributed by atoms with Gasteiger partial charge in [0.25, 0.3) is 0 Å². The summed E-state index contributed by atoms with van der Waals surface area (Å²) in [6, 6.07) is 11.6. The van der Waals surface area contributed by atoms with Crippen LogP contribution in [0.3, 0.4) is 0 Å². The molecule has 0 radical (unpaired) electrons. The number of aromatic amines is 2. The first kappa shape index (κ1) is 24.0. The summed E-state index contributed by atoms with van der Waals surface area (Å²) < 4.78 is 0. The number of piperidine rings is 1. The van der Waals surface area contributed by atoms with E-state index in [1.54, 1.807) is 31.0 Å². The lowest BCUT2D eigenvalue weighted by atomic mass is 9.96. The Morgan fingerprint density at radius 1 is 0.975 bits per heavy atom. The number of hydrogen-bond acceptors (Lipinski definition) is 8. The highest BCUT2D eigenvalue weighted by atomic mass is 16.1. The average molecular weight is 531 g/mol. The first-order valence-electron chi connectivity index (χ1n) is 13.2. The van der Waals surface area contributed by atoms with E-state index in [-0.39, 0.29) is 11.8 Å². The summed E-state index contributed by atoms with van der Waals surface area (Å²) in [5.74, 6) is 0.637. The number of carbonyl (C=O) groups is 1. The van der Waals surface area contributed by atoms with Crippen LogP contribution in [-0.2, 0) is 4.79 Å². The Kier molecular flexibility index (Phi) is 5.97. The minimum atomic E-state index is 0.0165. The van der Waals surface area contributed by atoms with E-state index >= 15 is 0 Å². The van der Waals surface area contributed by atoms with E-state index in [1.807, 2.05) is 36.4 Å². The molecule has 6 aromatic heterocycles. The molecule has 6 aromatic rings. The molecule has 0 spiro atoms. The lowest BCUT2D eigenvalue weighted by Gasteiger charge is -2.28. The summed E-state index contributed by atoms with van der Waals surface area (Å²) in [5.41, 5.74) is 6.69. The van der Waals surface area contributed by atoms with E-state index in [1.165, 1.54) is 0 Å². The number of fused-ring (bicyclic) bond motifs is 2. The topological polar surface area (TPSA) is 141 Å². The Morgan fingerprint density at radius 3 is 2.70 bits per heavy atom. The van der Waals surface area contributed by atoms with Crippen LogP contribution in [0.4, 0.5) is 5.69 Å². The van der Waals surface area contributed by atoms with E-state index in [0.717, 1.165) is 53.7 Å². The van der Waals surface area contributed by atoms with Crippen molar-refractivity contribution >= 4 is 33.8 Å². The maximum absolute atomic E-state index is 12.9. The fourth-order valence-electron chi connectivity index (χ4n) is 5.17. The Labute approximate surface area is 229 Å². The molecule has 3 N–H and O–H groups in total. The van der Waals surface area contributed by atoms with Gasteiger partial charge in [0.15, 0.2) is 17.1 Å². The van der Waals surface area contributed by atoms with Crippen LogP contribution >= 0.6 is 0 Å². The van der Waals surface area contributed by atoms with Crippen molar-refractivity contribution in [2.45, 2.75) is 12.8 Å². The predicted molar refractivity (Wildman–Crippen MR) is 152 cm³/mol. The summed E-state index contributed by atoms with van der Waals surface area (Å²) in [7, 11) is 2.09. The largest absolute Gasteiger partial charge is 0.324 e. The maximum atomic E-state index is 12.9. The van der Waals surface area contributed by atoms with Crippen LogP contribution in [0.5, 0.6) is 0 Å². The molecule has 1 fully saturated rings. The number of pyridine rings is 4. The van der Waals surface area contributed by atoms with Gasteiger partial charge in [0.2, 0.25) is 5.91 Å². The van der Waals surface area contributed by atoms with Crippen molar-refractivity contribution in [2.24, 2.45) is 5.92 Å². The van der Waals surface area contributed by atoms with Crippen molar-refractivity contribution < 1.29 is 4.79 Å². The van der Waals surface area contributed by atoms with Gasteiger partial charge in [-0.05, 0) is 63.3 Å². The monoisotopic (exact) mass is 530 g/mol. The van der Waals surface area contributed by atoms with Gasteiger partial charge in [-0.15, -0.1) is 0 Å². The zero-order chi connectivity index (χ0) is 27.1. The van der Waals surface area contributed by atoms with Crippen molar-refractivity contribution in [3.8, 4) is 33.9 Å². The Balaban J connectivity index is 1.20. The van der Waals surface area contributed by atoms with Crippen molar-refractivity contribution in [2.75, 3.05) is 25.5 Å². The number of likely N-dealkylation sites (tertiary alicyclic amines) is 1. The first-order valence-corrected chi connectivity index (χ1v) is 13.2. The van der Waals surface area contributed by atoms with Crippen LogP contribution < -0.4 is 5.32 Å². The molecule has 40 heavy (non-hydrogen) atoms. The standard InChI is InChI=1S/C29H26N10O/c1-39-10-6-17(7-11-39)29(40)34-20-12-18(14-30-16-20)19-13-22-25(37-38-26(22)33-15-19)28-35-24-21(5-9-32-27(24)36-28)23-4-2-3-8-31-23/h2-5,8-9,12-17H,6-7,10-11H2,1H3,(H,34,40)(H,32,35,36)(H,33,37,38). The molecule has 7 heterocycles. The number of hydrogen-bond donors (Lipinski definition) is 3. The summed E-state index contributed by atoms with van der Waals surface area (Å²) in [6.07, 6.45) is 10.4. The summed E-state index contributed by atoms with van der Waals surface area (Å²) >= 11 is 0. The van der Waals surface area contributed by atoms with Gasteiger partial charge < -0.3 is 15.2 Å². The van der Waals surface area contributed by atoms with Gasteiger partial charge in [0.1, 0.15) is 11.2 Å². The molecular weight excluding hydrogens is 504 g/mol. The number of aromatic nitrogens is 8. The molecule has 0 atom stereocenters. The van der Waals surface area contributed by atoms with Gasteiger partial charge in [-0.1, -0.05) is 6.07 Å².